The summed E-state index contributed by atoms with van der Waals surface area (Å²) < 4.78 is 5.07. The van der Waals surface area contributed by atoms with Gasteiger partial charge in [-0.25, -0.2) is 9.69 Å². The molecule has 0 fully saturated rings. The first-order chi connectivity index (χ1) is 8.27. The minimum absolute atomic E-state index is 0.188. The zero-order valence-electron chi connectivity index (χ0n) is 9.33. The largest absolute Gasteiger partial charge is 0.444 e. The van der Waals surface area contributed by atoms with Crippen molar-refractivity contribution in [3.05, 3.63) is 48.0 Å². The van der Waals surface area contributed by atoms with Crippen LogP contribution < -0.4 is 0 Å². The van der Waals surface area contributed by atoms with Crippen LogP contribution in [0.25, 0.3) is 0 Å². The summed E-state index contributed by atoms with van der Waals surface area (Å²) in [6, 6.07) is 9.37. The second-order valence-electron chi connectivity index (χ2n) is 3.72. The lowest BCUT2D eigenvalue weighted by atomic mass is 10.2. The Bertz CT molecular complexity index is 439. The van der Waals surface area contributed by atoms with E-state index in [-0.39, 0.29) is 12.5 Å². The molecule has 2 amide bonds. The molecule has 2 rings (SSSR count). The Morgan fingerprint density at radius 1 is 1.29 bits per heavy atom. The van der Waals surface area contributed by atoms with Crippen LogP contribution in [0.4, 0.5) is 4.79 Å². The van der Waals surface area contributed by atoms with Crippen molar-refractivity contribution < 1.29 is 14.3 Å². The summed E-state index contributed by atoms with van der Waals surface area (Å²) in [6.07, 6.45) is 3.26. The fourth-order valence-electron chi connectivity index (χ4n) is 1.57. The molecule has 0 spiro atoms. The van der Waals surface area contributed by atoms with Gasteiger partial charge in [-0.3, -0.25) is 4.79 Å². The van der Waals surface area contributed by atoms with E-state index in [2.05, 4.69) is 0 Å². The lowest BCUT2D eigenvalue weighted by molar-refractivity contribution is -0.125. The Hall–Kier alpha value is -2.10. The highest BCUT2D eigenvalue weighted by Gasteiger charge is 2.22. The Morgan fingerprint density at radius 2 is 2.06 bits per heavy atom. The SMILES string of the molecule is O=C1C=CCCN1C(=O)OCc1ccccc1. The second kappa shape index (κ2) is 5.30. The molecular weight excluding hydrogens is 218 g/mol. The maximum absolute atomic E-state index is 11.6. The third kappa shape index (κ3) is 2.93. The second-order valence-corrected chi connectivity index (χ2v) is 3.72. The molecule has 0 N–H and O–H groups in total. The molecule has 0 atom stereocenters. The van der Waals surface area contributed by atoms with Gasteiger partial charge in [-0.05, 0) is 18.1 Å². The van der Waals surface area contributed by atoms with E-state index >= 15 is 0 Å². The molecule has 1 aliphatic heterocycles. The maximum atomic E-state index is 11.6. The highest BCUT2D eigenvalue weighted by molar-refractivity contribution is 5.99. The molecule has 0 aliphatic carbocycles. The van der Waals surface area contributed by atoms with E-state index in [4.69, 9.17) is 4.74 Å². The Balaban J connectivity index is 1.89. The van der Waals surface area contributed by atoms with Crippen LogP contribution >= 0.6 is 0 Å². The van der Waals surface area contributed by atoms with Crippen molar-refractivity contribution in [1.29, 1.82) is 0 Å². The average Bonchev–Trinajstić information content (AvgIpc) is 2.38. The molecule has 1 heterocycles. The smallest absolute Gasteiger partial charge is 0.417 e. The van der Waals surface area contributed by atoms with Gasteiger partial charge in [0.25, 0.3) is 5.91 Å². The molecule has 0 unspecified atom stereocenters. The summed E-state index contributed by atoms with van der Waals surface area (Å²) in [5, 5.41) is 0. The van der Waals surface area contributed by atoms with Crippen molar-refractivity contribution in [2.24, 2.45) is 0 Å². The number of ether oxygens (including phenoxy) is 1. The van der Waals surface area contributed by atoms with E-state index < -0.39 is 6.09 Å². The van der Waals surface area contributed by atoms with Crippen LogP contribution in [0.15, 0.2) is 42.5 Å². The van der Waals surface area contributed by atoms with Crippen molar-refractivity contribution in [2.45, 2.75) is 13.0 Å². The predicted molar refractivity (Wildman–Crippen MR) is 62.1 cm³/mol. The number of carbonyl (C=O) groups is 2. The third-order valence-electron chi connectivity index (χ3n) is 2.47. The molecule has 0 saturated carbocycles. The molecule has 4 nitrogen and oxygen atoms in total. The standard InChI is InChI=1S/C13H13NO3/c15-12-8-4-5-9-14(12)13(16)17-10-11-6-2-1-3-7-11/h1-4,6-8H,5,9-10H2. The van der Waals surface area contributed by atoms with Gasteiger partial charge in [-0.2, -0.15) is 0 Å². The van der Waals surface area contributed by atoms with E-state index in [1.165, 1.54) is 6.08 Å². The summed E-state index contributed by atoms with van der Waals surface area (Å²) in [7, 11) is 0. The third-order valence-corrected chi connectivity index (χ3v) is 2.47. The summed E-state index contributed by atoms with van der Waals surface area (Å²) in [5.74, 6) is -0.311. The number of imide groups is 1. The molecule has 1 aromatic rings. The van der Waals surface area contributed by atoms with E-state index in [1.54, 1.807) is 6.08 Å². The number of rotatable bonds is 2. The van der Waals surface area contributed by atoms with Crippen LogP contribution in [-0.4, -0.2) is 23.4 Å². The van der Waals surface area contributed by atoms with Gasteiger partial charge >= 0.3 is 6.09 Å². The molecule has 0 radical (unpaired) electrons. The number of hydrogen-bond donors (Lipinski definition) is 0. The highest BCUT2D eigenvalue weighted by atomic mass is 16.6. The van der Waals surface area contributed by atoms with Gasteiger partial charge in [-0.1, -0.05) is 36.4 Å². The van der Waals surface area contributed by atoms with Crippen LogP contribution in [0.1, 0.15) is 12.0 Å². The maximum Gasteiger partial charge on any atom is 0.417 e. The van der Waals surface area contributed by atoms with E-state index in [9.17, 15) is 9.59 Å². The average molecular weight is 231 g/mol. The van der Waals surface area contributed by atoms with E-state index in [1.807, 2.05) is 30.3 Å². The minimum atomic E-state index is -0.580. The molecule has 0 saturated heterocycles. The topological polar surface area (TPSA) is 46.6 Å². The minimum Gasteiger partial charge on any atom is -0.444 e. The zero-order valence-corrected chi connectivity index (χ0v) is 9.33. The van der Waals surface area contributed by atoms with Crippen LogP contribution in [0.2, 0.25) is 0 Å². The number of amides is 2. The summed E-state index contributed by atoms with van der Waals surface area (Å²) in [5.41, 5.74) is 0.904. The number of hydrogen-bond acceptors (Lipinski definition) is 3. The van der Waals surface area contributed by atoms with Crippen molar-refractivity contribution in [2.75, 3.05) is 6.54 Å². The van der Waals surface area contributed by atoms with Crippen LogP contribution in [-0.2, 0) is 16.1 Å². The number of nitrogens with zero attached hydrogens (tertiary/aromatic N) is 1. The quantitative estimate of drug-likeness (QED) is 0.783. The van der Waals surface area contributed by atoms with Gasteiger partial charge in [0.2, 0.25) is 0 Å². The Morgan fingerprint density at radius 3 is 2.76 bits per heavy atom. The van der Waals surface area contributed by atoms with Crippen LogP contribution in [0.3, 0.4) is 0 Å². The first kappa shape index (κ1) is 11.4. The van der Waals surface area contributed by atoms with Crippen molar-refractivity contribution in [1.82, 2.24) is 4.90 Å². The Kier molecular flexibility index (Phi) is 3.55. The van der Waals surface area contributed by atoms with Crippen molar-refractivity contribution >= 4 is 12.0 Å². The highest BCUT2D eigenvalue weighted by Crippen LogP contribution is 2.07. The van der Waals surface area contributed by atoms with Gasteiger partial charge in [0.15, 0.2) is 0 Å². The number of carbonyl (C=O) groups excluding carboxylic acids is 2. The number of benzene rings is 1. The summed E-state index contributed by atoms with van der Waals surface area (Å²) >= 11 is 0. The fourth-order valence-corrected chi connectivity index (χ4v) is 1.57. The first-order valence-electron chi connectivity index (χ1n) is 5.46. The Labute approximate surface area is 99.5 Å². The normalized spacial score (nSPS) is 14.8. The van der Waals surface area contributed by atoms with E-state index in [0.717, 1.165) is 10.5 Å². The lowest BCUT2D eigenvalue weighted by Gasteiger charge is -2.20. The first-order valence-corrected chi connectivity index (χ1v) is 5.46. The molecule has 17 heavy (non-hydrogen) atoms. The molecule has 0 bridgehead atoms. The van der Waals surface area contributed by atoms with Gasteiger partial charge in [0.1, 0.15) is 6.61 Å². The monoisotopic (exact) mass is 231 g/mol. The lowest BCUT2D eigenvalue weighted by Crippen LogP contribution is -2.38. The predicted octanol–water partition coefficient (Wildman–Crippen LogP) is 2.11. The van der Waals surface area contributed by atoms with Gasteiger partial charge in [-0.15, -0.1) is 0 Å². The van der Waals surface area contributed by atoms with Crippen LogP contribution in [0.5, 0.6) is 0 Å². The molecule has 0 aromatic heterocycles. The summed E-state index contributed by atoms with van der Waals surface area (Å²) in [4.78, 5) is 24.1. The van der Waals surface area contributed by atoms with E-state index in [0.29, 0.717) is 13.0 Å². The molecule has 1 aliphatic rings. The van der Waals surface area contributed by atoms with Gasteiger partial charge < -0.3 is 4.74 Å². The van der Waals surface area contributed by atoms with Gasteiger partial charge in [0, 0.05) is 6.54 Å². The molecule has 4 heteroatoms. The van der Waals surface area contributed by atoms with Crippen molar-refractivity contribution in [3.63, 3.8) is 0 Å². The fraction of sp³-hybridized carbons (Fsp3) is 0.231. The van der Waals surface area contributed by atoms with Crippen molar-refractivity contribution in [3.8, 4) is 0 Å². The molecule has 1 aromatic carbocycles. The zero-order chi connectivity index (χ0) is 12.1. The summed E-state index contributed by atoms with van der Waals surface area (Å²) in [6.45, 7) is 0.579. The molecule has 88 valence electrons. The van der Waals surface area contributed by atoms with Gasteiger partial charge in [0.05, 0.1) is 0 Å². The van der Waals surface area contributed by atoms with Crippen LogP contribution in [0, 0.1) is 0 Å². The molecular formula is C13H13NO3.